The molecule has 1 unspecified atom stereocenters. The van der Waals surface area contributed by atoms with Gasteiger partial charge in [-0.25, -0.2) is 4.98 Å². The molecule has 1 aliphatic heterocycles. The predicted molar refractivity (Wildman–Crippen MR) is 280 cm³/mol. The van der Waals surface area contributed by atoms with Crippen LogP contribution in [-0.4, -0.2) is 192 Å². The number of ether oxygens (including phenoxy) is 6. The minimum Gasteiger partial charge on any atom is -0.460 e. The molecule has 408 valence electrons. The summed E-state index contributed by atoms with van der Waals surface area (Å²) < 4.78 is 33.9. The normalized spacial score (nSPS) is 16.9. The lowest BCUT2D eigenvalue weighted by Gasteiger charge is -2.40. The number of rotatable bonds is 21. The van der Waals surface area contributed by atoms with Gasteiger partial charge in [-0.1, -0.05) is 45.0 Å². The Morgan fingerprint density at radius 2 is 1.03 bits per heavy atom. The van der Waals surface area contributed by atoms with E-state index in [0.29, 0.717) is 96.8 Å². The van der Waals surface area contributed by atoms with E-state index in [2.05, 4.69) is 84.9 Å². The third kappa shape index (κ3) is 29.0. The Kier molecular flexibility index (Phi) is 24.7. The molecule has 1 atom stereocenters. The highest BCUT2D eigenvalue weighted by Crippen LogP contribution is 2.21. The van der Waals surface area contributed by atoms with E-state index in [0.717, 1.165) is 17.7 Å². The molecule has 2 aromatic rings. The Labute approximate surface area is 435 Å². The number of aromatic nitrogens is 3. The van der Waals surface area contributed by atoms with Crippen LogP contribution in [0.25, 0.3) is 0 Å². The third-order valence-electron chi connectivity index (χ3n) is 10.4. The van der Waals surface area contributed by atoms with Crippen LogP contribution in [0.3, 0.4) is 0 Å². The van der Waals surface area contributed by atoms with Gasteiger partial charge in [0.15, 0.2) is 0 Å². The Hall–Kier alpha value is -4.04. The van der Waals surface area contributed by atoms with E-state index in [1.165, 1.54) is 0 Å². The molecule has 0 bridgehead atoms. The quantitative estimate of drug-likeness (QED) is 0.0811. The molecule has 0 saturated carbocycles. The average molecular weight is 1030 g/mol. The molecule has 0 aliphatic carbocycles. The van der Waals surface area contributed by atoms with Gasteiger partial charge in [0, 0.05) is 71.4 Å². The van der Waals surface area contributed by atoms with Crippen molar-refractivity contribution in [3.8, 4) is 0 Å². The van der Waals surface area contributed by atoms with E-state index in [1.54, 1.807) is 0 Å². The molecule has 1 N–H and O–H groups in total. The Balaban J connectivity index is 1.83. The van der Waals surface area contributed by atoms with Gasteiger partial charge < -0.3 is 33.7 Å². The largest absolute Gasteiger partial charge is 0.460 e. The number of hydrogen-bond donors (Lipinski definition) is 1. The van der Waals surface area contributed by atoms with Gasteiger partial charge in [-0.05, 0) is 118 Å². The van der Waals surface area contributed by atoms with Crippen molar-refractivity contribution in [3.05, 3.63) is 46.5 Å². The molecular weight excluding hydrogens is 944 g/mol. The maximum absolute atomic E-state index is 13.7. The first-order valence-corrected chi connectivity index (χ1v) is 25.8. The molecule has 1 fully saturated rings. The third-order valence-corrected chi connectivity index (χ3v) is 10.6. The summed E-state index contributed by atoms with van der Waals surface area (Å²) in [4.78, 5) is 74.3. The molecule has 0 amide bonds. The molecule has 3 rings (SSSR count). The maximum atomic E-state index is 13.7. The van der Waals surface area contributed by atoms with Gasteiger partial charge in [0.1, 0.15) is 28.2 Å². The highest BCUT2D eigenvalue weighted by Gasteiger charge is 2.31. The SMILES string of the molecule is CC(C)(C)CN1CCN(CC(=O)OC(C)(C)C)CCN(CC(=O)OC(C)(C)C)CCN(CC(=O)OC(C)(C)C)C(Cc2ccc(Cc3nc(Cl)nc(NCCOCCOCCC(=O)OC(C)(C)C)n3)cc2)C1. The van der Waals surface area contributed by atoms with Crippen LogP contribution in [-0.2, 0) is 60.4 Å². The van der Waals surface area contributed by atoms with E-state index in [-0.39, 0.29) is 73.3 Å². The van der Waals surface area contributed by atoms with E-state index in [9.17, 15) is 19.2 Å². The first-order valence-electron chi connectivity index (χ1n) is 25.4. The zero-order valence-electron chi connectivity index (χ0n) is 46.4. The van der Waals surface area contributed by atoms with Gasteiger partial charge in [-0.3, -0.25) is 38.8 Å². The van der Waals surface area contributed by atoms with Crippen molar-refractivity contribution in [3.63, 3.8) is 0 Å². The molecule has 2 heterocycles. The second kappa shape index (κ2) is 28.6. The minimum atomic E-state index is -0.676. The number of carbonyl (C=O) groups excluding carboxylic acids is 4. The maximum Gasteiger partial charge on any atom is 0.320 e. The number of anilines is 1. The highest BCUT2D eigenvalue weighted by atomic mass is 35.5. The van der Waals surface area contributed by atoms with Crippen LogP contribution >= 0.6 is 11.6 Å². The summed E-state index contributed by atoms with van der Waals surface area (Å²) in [6, 6.07) is 8.17. The van der Waals surface area contributed by atoms with Crippen LogP contribution in [0, 0.1) is 5.41 Å². The van der Waals surface area contributed by atoms with Crippen LogP contribution in [0.1, 0.15) is 127 Å². The van der Waals surface area contributed by atoms with Gasteiger partial charge in [0.2, 0.25) is 11.2 Å². The van der Waals surface area contributed by atoms with Gasteiger partial charge in [-0.2, -0.15) is 9.97 Å². The molecule has 1 aromatic carbocycles. The van der Waals surface area contributed by atoms with Crippen LogP contribution in [0.15, 0.2) is 24.3 Å². The smallest absolute Gasteiger partial charge is 0.320 e. The number of nitrogens with one attached hydrogen (secondary N) is 1. The van der Waals surface area contributed by atoms with Crippen LogP contribution in [0.2, 0.25) is 5.28 Å². The summed E-state index contributed by atoms with van der Waals surface area (Å²) in [5, 5.41) is 3.23. The van der Waals surface area contributed by atoms with Gasteiger partial charge in [0.25, 0.3) is 0 Å². The standard InChI is InChI=1S/C53H89ClN8O10/c1-49(2,3)38-61-25-24-59(35-44(64)70-51(7,8)9)22-23-60(36-45(65)71-52(10,11)12)26-27-62(37-46(66)72-53(13,14)15)41(34-61)32-39-16-18-40(19-17-39)33-42-56-47(54)58-48(57-42)55-21-29-68-31-30-67-28-20-43(63)69-50(4,5)6/h16-19,41H,20-38H2,1-15H3,(H,55,56,57,58). The van der Waals surface area contributed by atoms with Crippen LogP contribution in [0.5, 0.6) is 0 Å². The second-order valence-corrected chi connectivity index (χ2v) is 24.1. The minimum absolute atomic E-state index is 0.0509. The molecule has 1 saturated heterocycles. The number of nitrogens with zero attached hydrogens (tertiary/aromatic N) is 7. The summed E-state index contributed by atoms with van der Waals surface area (Å²) in [7, 11) is 0. The van der Waals surface area contributed by atoms with E-state index in [1.807, 2.05) is 83.1 Å². The lowest BCUT2D eigenvalue weighted by Crippen LogP contribution is -2.54. The Bertz CT molecular complexity index is 1990. The number of hydrogen-bond acceptors (Lipinski definition) is 18. The average Bonchev–Trinajstić information content (AvgIpc) is 3.19. The molecular formula is C53H89ClN8O10. The summed E-state index contributed by atoms with van der Waals surface area (Å²) in [5.74, 6) is -0.427. The topological polar surface area (TPSA) is 187 Å². The summed E-state index contributed by atoms with van der Waals surface area (Å²) >= 11 is 6.36. The summed E-state index contributed by atoms with van der Waals surface area (Å²) in [6.07, 6.45) is 1.21. The van der Waals surface area contributed by atoms with Crippen molar-refractivity contribution in [2.45, 2.75) is 152 Å². The van der Waals surface area contributed by atoms with Crippen molar-refractivity contribution in [2.24, 2.45) is 5.41 Å². The summed E-state index contributed by atoms with van der Waals surface area (Å²) in [5.41, 5.74) is -0.495. The van der Waals surface area contributed by atoms with Crippen molar-refractivity contribution < 1.29 is 47.6 Å². The van der Waals surface area contributed by atoms with Gasteiger partial charge in [0.05, 0.1) is 52.5 Å². The fourth-order valence-corrected chi connectivity index (χ4v) is 8.01. The fraction of sp³-hybridized carbons (Fsp3) is 0.755. The predicted octanol–water partition coefficient (Wildman–Crippen LogP) is 6.50. The highest BCUT2D eigenvalue weighted by molar-refractivity contribution is 6.28. The molecule has 72 heavy (non-hydrogen) atoms. The Morgan fingerprint density at radius 3 is 1.54 bits per heavy atom. The molecule has 0 radical (unpaired) electrons. The van der Waals surface area contributed by atoms with Crippen molar-refractivity contribution >= 4 is 41.4 Å². The Morgan fingerprint density at radius 1 is 0.569 bits per heavy atom. The van der Waals surface area contributed by atoms with Crippen LogP contribution < -0.4 is 5.32 Å². The molecule has 0 spiro atoms. The number of halogens is 1. The van der Waals surface area contributed by atoms with Crippen molar-refractivity contribution in [1.82, 2.24) is 34.6 Å². The number of carbonyl (C=O) groups is 4. The lowest BCUT2D eigenvalue weighted by atomic mass is 9.95. The van der Waals surface area contributed by atoms with Crippen LogP contribution in [0.4, 0.5) is 5.95 Å². The zero-order chi connectivity index (χ0) is 53.9. The number of benzene rings is 1. The van der Waals surface area contributed by atoms with Crippen molar-refractivity contribution in [1.29, 1.82) is 0 Å². The first-order chi connectivity index (χ1) is 33.3. The van der Waals surface area contributed by atoms with E-state index >= 15 is 0 Å². The lowest BCUT2D eigenvalue weighted by molar-refractivity contribution is -0.159. The zero-order valence-corrected chi connectivity index (χ0v) is 47.2. The molecule has 1 aliphatic rings. The van der Waals surface area contributed by atoms with Gasteiger partial charge >= 0.3 is 23.9 Å². The van der Waals surface area contributed by atoms with Crippen molar-refractivity contribution in [2.75, 3.05) is 110 Å². The number of esters is 4. The first kappa shape index (κ1) is 62.3. The fourth-order valence-electron chi connectivity index (χ4n) is 7.83. The monoisotopic (exact) mass is 1030 g/mol. The summed E-state index contributed by atoms with van der Waals surface area (Å²) in [6.45, 7) is 35.5. The van der Waals surface area contributed by atoms with Gasteiger partial charge in [-0.15, -0.1) is 0 Å². The molecule has 19 heteroatoms. The molecule has 18 nitrogen and oxygen atoms in total. The molecule has 1 aromatic heterocycles. The van der Waals surface area contributed by atoms with E-state index < -0.39 is 22.4 Å². The second-order valence-electron chi connectivity index (χ2n) is 23.8. The van der Waals surface area contributed by atoms with E-state index in [4.69, 9.17) is 40.0 Å².